The van der Waals surface area contributed by atoms with E-state index >= 15 is 0 Å². The molecule has 0 amide bonds. The Morgan fingerprint density at radius 2 is 1.93 bits per heavy atom. The minimum Gasteiger partial charge on any atom is -0.495 e. The van der Waals surface area contributed by atoms with Crippen LogP contribution in [0.25, 0.3) is 16.9 Å². The number of anilines is 3. The van der Waals surface area contributed by atoms with E-state index in [1.54, 1.807) is 23.9 Å². The Kier molecular flexibility index (Phi) is 7.93. The maximum Gasteiger partial charge on any atom is 0.278 e. The Balaban J connectivity index is 1.50. The highest BCUT2D eigenvalue weighted by molar-refractivity contribution is 5.77. The van der Waals surface area contributed by atoms with Gasteiger partial charge in [0.2, 0.25) is 5.95 Å². The van der Waals surface area contributed by atoms with E-state index in [0.717, 1.165) is 43.1 Å². The van der Waals surface area contributed by atoms with Crippen LogP contribution in [-0.4, -0.2) is 74.3 Å². The smallest absolute Gasteiger partial charge is 0.278 e. The summed E-state index contributed by atoms with van der Waals surface area (Å²) in [7, 11) is 5.94. The molecule has 0 atom stereocenters. The van der Waals surface area contributed by atoms with E-state index < -0.39 is 0 Å². The monoisotopic (exact) mass is 559 g/mol. The summed E-state index contributed by atoms with van der Waals surface area (Å²) in [5.41, 5.74) is 1.66. The quantitative estimate of drug-likeness (QED) is 0.309. The first-order valence-electron chi connectivity index (χ1n) is 13.8. The molecule has 12 nitrogen and oxygen atoms in total. The molecule has 1 fully saturated rings. The molecule has 3 aromatic heterocycles. The number of rotatable bonds is 9. The number of hydrogen-bond donors (Lipinski definition) is 1. The number of fused-ring (bicyclic) bond motifs is 1. The van der Waals surface area contributed by atoms with E-state index in [2.05, 4.69) is 45.9 Å². The molecular formula is C29H37N9O3. The van der Waals surface area contributed by atoms with Crippen molar-refractivity contribution < 1.29 is 4.74 Å². The second kappa shape index (κ2) is 11.6. The Hall–Kier alpha value is -4.45. The molecule has 1 aromatic carbocycles. The molecule has 1 aliphatic heterocycles. The van der Waals surface area contributed by atoms with Crippen LogP contribution in [0.2, 0.25) is 0 Å². The zero-order valence-corrected chi connectivity index (χ0v) is 24.2. The fourth-order valence-electron chi connectivity index (χ4n) is 5.28. The SMILES string of the molecule is C=CCn1c(=O)c2cnc(Nc3ccc(N4CCC(N(C)C)CC4)c(OC)c3)nc2n1-c1ccc(=O)n(C(C)C)n1. The first kappa shape index (κ1) is 28.1. The van der Waals surface area contributed by atoms with Crippen molar-refractivity contribution in [2.75, 3.05) is 44.5 Å². The standard InChI is InChI=1S/C29H37N9O3/c1-7-14-36-28(40)22-18-30-29(32-27(22)38(36)25-10-11-26(39)37(33-25)19(2)3)31-20-8-9-23(24(17-20)41-6)35-15-12-21(13-16-35)34(4)5/h7-11,17-19,21H,1,12-16H2,2-6H3,(H,30,31,32). The van der Waals surface area contributed by atoms with E-state index in [0.29, 0.717) is 28.8 Å². The summed E-state index contributed by atoms with van der Waals surface area (Å²) in [5, 5.41) is 8.10. The van der Waals surface area contributed by atoms with Crippen LogP contribution in [0.1, 0.15) is 32.7 Å². The third-order valence-electron chi connectivity index (χ3n) is 7.47. The highest BCUT2D eigenvalue weighted by Gasteiger charge is 2.23. The van der Waals surface area contributed by atoms with Crippen LogP contribution in [0, 0.1) is 0 Å². The van der Waals surface area contributed by atoms with E-state index in [9.17, 15) is 9.59 Å². The molecule has 0 radical (unpaired) electrons. The van der Waals surface area contributed by atoms with Crippen molar-refractivity contribution in [3.05, 3.63) is 69.9 Å². The molecule has 1 aliphatic rings. The van der Waals surface area contributed by atoms with Gasteiger partial charge >= 0.3 is 0 Å². The Labute approximate surface area is 238 Å². The summed E-state index contributed by atoms with van der Waals surface area (Å²) < 4.78 is 10.2. The van der Waals surface area contributed by atoms with Crippen LogP contribution >= 0.6 is 0 Å². The maximum absolute atomic E-state index is 13.3. The van der Waals surface area contributed by atoms with Gasteiger partial charge in [-0.05, 0) is 59.0 Å². The average Bonchev–Trinajstić information content (AvgIpc) is 3.23. The Bertz CT molecular complexity index is 1680. The predicted octanol–water partition coefficient (Wildman–Crippen LogP) is 3.19. The van der Waals surface area contributed by atoms with Gasteiger partial charge in [-0.1, -0.05) is 6.08 Å². The first-order valence-corrected chi connectivity index (χ1v) is 13.8. The van der Waals surface area contributed by atoms with Crippen molar-refractivity contribution in [3.8, 4) is 11.6 Å². The van der Waals surface area contributed by atoms with Crippen molar-refractivity contribution in [2.24, 2.45) is 0 Å². The van der Waals surface area contributed by atoms with Gasteiger partial charge in [-0.3, -0.25) is 9.59 Å². The molecule has 41 heavy (non-hydrogen) atoms. The molecule has 12 heteroatoms. The van der Waals surface area contributed by atoms with Gasteiger partial charge in [0.15, 0.2) is 11.5 Å². The molecule has 4 aromatic rings. The lowest BCUT2D eigenvalue weighted by Gasteiger charge is -2.37. The van der Waals surface area contributed by atoms with E-state index in [-0.39, 0.29) is 23.7 Å². The van der Waals surface area contributed by atoms with Crippen LogP contribution < -0.4 is 26.1 Å². The molecule has 0 aliphatic carbocycles. The summed E-state index contributed by atoms with van der Waals surface area (Å²) >= 11 is 0. The summed E-state index contributed by atoms with van der Waals surface area (Å²) in [5.74, 6) is 1.45. The van der Waals surface area contributed by atoms with Crippen LogP contribution in [0.5, 0.6) is 5.75 Å². The normalized spacial score (nSPS) is 14.3. The molecule has 0 saturated carbocycles. The fraction of sp³-hybridized carbons (Fsp3) is 0.414. The third-order valence-corrected chi connectivity index (χ3v) is 7.47. The molecule has 0 spiro atoms. The number of hydrogen-bond acceptors (Lipinski definition) is 9. The number of nitrogens with zero attached hydrogens (tertiary/aromatic N) is 8. The number of nitrogens with one attached hydrogen (secondary N) is 1. The van der Waals surface area contributed by atoms with Gasteiger partial charge in [0.05, 0.1) is 25.4 Å². The van der Waals surface area contributed by atoms with Crippen LogP contribution in [0.4, 0.5) is 17.3 Å². The summed E-state index contributed by atoms with van der Waals surface area (Å²) in [4.78, 5) is 39.4. The number of ether oxygens (including phenoxy) is 1. The zero-order valence-electron chi connectivity index (χ0n) is 24.2. The molecular weight excluding hydrogens is 522 g/mol. The van der Waals surface area contributed by atoms with Gasteiger partial charge in [-0.15, -0.1) is 11.7 Å². The number of benzene rings is 1. The van der Waals surface area contributed by atoms with Crippen molar-refractivity contribution in [1.82, 2.24) is 34.0 Å². The number of piperidine rings is 1. The molecule has 1 saturated heterocycles. The van der Waals surface area contributed by atoms with Gasteiger partial charge in [0.1, 0.15) is 11.1 Å². The zero-order chi connectivity index (χ0) is 29.3. The van der Waals surface area contributed by atoms with Gasteiger partial charge in [-0.25, -0.2) is 19.0 Å². The Morgan fingerprint density at radius 1 is 1.17 bits per heavy atom. The number of aromatic nitrogens is 6. The van der Waals surface area contributed by atoms with Crippen molar-refractivity contribution in [3.63, 3.8) is 0 Å². The van der Waals surface area contributed by atoms with Gasteiger partial charge in [0, 0.05) is 43.1 Å². The second-order valence-electron chi connectivity index (χ2n) is 10.7. The van der Waals surface area contributed by atoms with Crippen LogP contribution in [-0.2, 0) is 6.54 Å². The number of allylic oxidation sites excluding steroid dienone is 1. The molecule has 5 rings (SSSR count). The van der Waals surface area contributed by atoms with Crippen LogP contribution in [0.3, 0.4) is 0 Å². The predicted molar refractivity (Wildman–Crippen MR) is 161 cm³/mol. The van der Waals surface area contributed by atoms with Crippen molar-refractivity contribution >= 4 is 28.4 Å². The van der Waals surface area contributed by atoms with E-state index in [1.165, 1.54) is 21.6 Å². The lowest BCUT2D eigenvalue weighted by Crippen LogP contribution is -2.42. The third kappa shape index (κ3) is 5.47. The number of methoxy groups -OCH3 is 1. The Morgan fingerprint density at radius 3 is 2.59 bits per heavy atom. The second-order valence-corrected chi connectivity index (χ2v) is 10.7. The van der Waals surface area contributed by atoms with Crippen molar-refractivity contribution in [1.29, 1.82) is 0 Å². The lowest BCUT2D eigenvalue weighted by atomic mass is 10.0. The van der Waals surface area contributed by atoms with E-state index in [1.807, 2.05) is 32.0 Å². The lowest BCUT2D eigenvalue weighted by molar-refractivity contribution is 0.249. The van der Waals surface area contributed by atoms with Gasteiger partial charge in [-0.2, -0.15) is 4.98 Å². The van der Waals surface area contributed by atoms with Crippen LogP contribution in [0.15, 0.2) is 58.8 Å². The highest BCUT2D eigenvalue weighted by atomic mass is 16.5. The van der Waals surface area contributed by atoms with Crippen molar-refractivity contribution in [2.45, 2.75) is 45.3 Å². The summed E-state index contributed by atoms with van der Waals surface area (Å²) in [6.45, 7) is 9.69. The topological polar surface area (TPSA) is 115 Å². The average molecular weight is 560 g/mol. The van der Waals surface area contributed by atoms with Gasteiger partial charge < -0.3 is 19.9 Å². The molecule has 4 heterocycles. The minimum absolute atomic E-state index is 0.159. The maximum atomic E-state index is 13.3. The summed E-state index contributed by atoms with van der Waals surface area (Å²) in [6, 6.07) is 9.40. The largest absolute Gasteiger partial charge is 0.495 e. The summed E-state index contributed by atoms with van der Waals surface area (Å²) in [6.07, 6.45) is 5.32. The fourth-order valence-corrected chi connectivity index (χ4v) is 5.28. The van der Waals surface area contributed by atoms with Gasteiger partial charge in [0.25, 0.3) is 11.1 Å². The first-order chi connectivity index (χ1) is 19.7. The molecule has 1 N–H and O–H groups in total. The molecule has 0 unspecified atom stereocenters. The van der Waals surface area contributed by atoms with E-state index in [4.69, 9.17) is 9.72 Å². The minimum atomic E-state index is -0.278. The molecule has 216 valence electrons. The molecule has 0 bridgehead atoms. The highest BCUT2D eigenvalue weighted by Crippen LogP contribution is 2.34.